The second kappa shape index (κ2) is 13.3. The third kappa shape index (κ3) is 7.69. The molecule has 7 heteroatoms. The minimum atomic E-state index is -0.189. The SMILES string of the molecule is CC(C)OCCN(C(=O)CCl)c1ccc(C(=O)N2CCN(C/C=C/c3ccccc3)CC2)cc1. The summed E-state index contributed by atoms with van der Waals surface area (Å²) in [4.78, 5) is 31.1. The molecule has 0 atom stereocenters. The molecule has 0 unspecified atom stereocenters. The van der Waals surface area contributed by atoms with Gasteiger partial charge in [0.15, 0.2) is 0 Å². The van der Waals surface area contributed by atoms with Gasteiger partial charge in [-0.15, -0.1) is 11.6 Å². The van der Waals surface area contributed by atoms with Gasteiger partial charge in [0.2, 0.25) is 5.91 Å². The van der Waals surface area contributed by atoms with E-state index in [1.165, 1.54) is 5.56 Å². The smallest absolute Gasteiger partial charge is 0.253 e. The Balaban J connectivity index is 1.52. The van der Waals surface area contributed by atoms with Gasteiger partial charge in [-0.05, 0) is 43.7 Å². The average Bonchev–Trinajstić information content (AvgIpc) is 2.87. The Hall–Kier alpha value is -2.67. The Kier molecular flexibility index (Phi) is 10.1. The number of ether oxygens (including phenoxy) is 1. The molecule has 0 aliphatic carbocycles. The molecule has 1 aliphatic heterocycles. The number of benzene rings is 2. The molecule has 1 aliphatic rings. The Labute approximate surface area is 207 Å². The van der Waals surface area contributed by atoms with E-state index in [0.29, 0.717) is 37.5 Å². The summed E-state index contributed by atoms with van der Waals surface area (Å²) in [6, 6.07) is 17.4. The van der Waals surface area contributed by atoms with Crippen LogP contribution in [0, 0.1) is 0 Å². The fourth-order valence-electron chi connectivity index (χ4n) is 3.85. The highest BCUT2D eigenvalue weighted by Crippen LogP contribution is 2.18. The highest BCUT2D eigenvalue weighted by Gasteiger charge is 2.22. The molecule has 0 saturated carbocycles. The zero-order valence-electron chi connectivity index (χ0n) is 20.0. The zero-order chi connectivity index (χ0) is 24.3. The van der Waals surface area contributed by atoms with Crippen LogP contribution in [0.1, 0.15) is 29.8 Å². The first-order chi connectivity index (χ1) is 16.5. The van der Waals surface area contributed by atoms with Crippen molar-refractivity contribution in [1.29, 1.82) is 0 Å². The van der Waals surface area contributed by atoms with Crippen molar-refractivity contribution in [1.82, 2.24) is 9.80 Å². The summed E-state index contributed by atoms with van der Waals surface area (Å²) in [6.07, 6.45) is 4.39. The molecule has 34 heavy (non-hydrogen) atoms. The van der Waals surface area contributed by atoms with Gasteiger partial charge in [-0.1, -0.05) is 42.5 Å². The Morgan fingerprint density at radius 3 is 2.32 bits per heavy atom. The lowest BCUT2D eigenvalue weighted by atomic mass is 10.1. The fourth-order valence-corrected chi connectivity index (χ4v) is 4.00. The lowest BCUT2D eigenvalue weighted by molar-refractivity contribution is -0.116. The Morgan fingerprint density at radius 2 is 1.71 bits per heavy atom. The summed E-state index contributed by atoms with van der Waals surface area (Å²) in [5.41, 5.74) is 2.53. The minimum absolute atomic E-state index is 0.0180. The van der Waals surface area contributed by atoms with E-state index >= 15 is 0 Å². The maximum Gasteiger partial charge on any atom is 0.253 e. The van der Waals surface area contributed by atoms with Crippen LogP contribution in [0.4, 0.5) is 5.69 Å². The van der Waals surface area contributed by atoms with Gasteiger partial charge in [-0.3, -0.25) is 14.5 Å². The van der Waals surface area contributed by atoms with Gasteiger partial charge >= 0.3 is 0 Å². The van der Waals surface area contributed by atoms with E-state index in [4.69, 9.17) is 16.3 Å². The largest absolute Gasteiger partial charge is 0.377 e. The second-order valence-corrected chi connectivity index (χ2v) is 8.82. The van der Waals surface area contributed by atoms with E-state index in [9.17, 15) is 9.59 Å². The Morgan fingerprint density at radius 1 is 1.03 bits per heavy atom. The van der Waals surface area contributed by atoms with Crippen molar-refractivity contribution in [2.75, 3.05) is 56.7 Å². The van der Waals surface area contributed by atoms with E-state index in [1.54, 1.807) is 29.2 Å². The van der Waals surface area contributed by atoms with Gasteiger partial charge in [-0.2, -0.15) is 0 Å². The number of hydrogen-bond acceptors (Lipinski definition) is 4. The van der Waals surface area contributed by atoms with Crippen molar-refractivity contribution in [2.45, 2.75) is 20.0 Å². The summed E-state index contributed by atoms with van der Waals surface area (Å²) in [5.74, 6) is -0.275. The molecule has 0 spiro atoms. The van der Waals surface area contributed by atoms with Crippen molar-refractivity contribution in [3.05, 3.63) is 71.8 Å². The number of amides is 2. The molecule has 2 amide bonds. The van der Waals surface area contributed by atoms with Crippen LogP contribution in [0.5, 0.6) is 0 Å². The first-order valence-corrected chi connectivity index (χ1v) is 12.3. The quantitative estimate of drug-likeness (QED) is 0.476. The number of carbonyl (C=O) groups is 2. The van der Waals surface area contributed by atoms with Crippen LogP contribution in [0.2, 0.25) is 0 Å². The van der Waals surface area contributed by atoms with Crippen LogP contribution in [0.3, 0.4) is 0 Å². The van der Waals surface area contributed by atoms with E-state index in [2.05, 4.69) is 29.2 Å². The monoisotopic (exact) mass is 483 g/mol. The zero-order valence-corrected chi connectivity index (χ0v) is 20.8. The average molecular weight is 484 g/mol. The van der Waals surface area contributed by atoms with E-state index < -0.39 is 0 Å². The molecule has 6 nitrogen and oxygen atoms in total. The third-order valence-corrected chi connectivity index (χ3v) is 5.97. The van der Waals surface area contributed by atoms with Crippen LogP contribution < -0.4 is 4.90 Å². The maximum atomic E-state index is 13.0. The van der Waals surface area contributed by atoms with Crippen molar-refractivity contribution < 1.29 is 14.3 Å². The number of halogens is 1. The van der Waals surface area contributed by atoms with Crippen LogP contribution in [-0.4, -0.2) is 79.5 Å². The predicted octanol–water partition coefficient (Wildman–Crippen LogP) is 4.15. The number of rotatable bonds is 10. The standard InChI is InChI=1S/C27H34ClN3O3/c1-22(2)34-20-19-31(26(32)21-28)25-12-10-24(11-13-25)27(33)30-17-15-29(16-18-30)14-6-9-23-7-4-3-5-8-23/h3-13,22H,14-21H2,1-2H3/b9-6+. The van der Waals surface area contributed by atoms with Gasteiger partial charge in [0.25, 0.3) is 5.91 Å². The van der Waals surface area contributed by atoms with Crippen molar-refractivity contribution in [2.24, 2.45) is 0 Å². The number of alkyl halides is 1. The van der Waals surface area contributed by atoms with Gasteiger partial charge in [0.05, 0.1) is 12.7 Å². The predicted molar refractivity (Wildman–Crippen MR) is 138 cm³/mol. The van der Waals surface area contributed by atoms with Gasteiger partial charge in [0, 0.05) is 50.5 Å². The topological polar surface area (TPSA) is 53.1 Å². The van der Waals surface area contributed by atoms with Crippen molar-refractivity contribution in [3.63, 3.8) is 0 Å². The first kappa shape index (κ1) is 25.9. The molecule has 0 aromatic heterocycles. The third-order valence-electron chi connectivity index (χ3n) is 5.74. The lowest BCUT2D eigenvalue weighted by Crippen LogP contribution is -2.48. The summed E-state index contributed by atoms with van der Waals surface area (Å²) in [5, 5.41) is 0. The fraction of sp³-hybridized carbons (Fsp3) is 0.407. The Bertz CT molecular complexity index is 939. The number of anilines is 1. The maximum absolute atomic E-state index is 13.0. The van der Waals surface area contributed by atoms with Gasteiger partial charge < -0.3 is 14.5 Å². The number of carbonyl (C=O) groups excluding carboxylic acids is 2. The highest BCUT2D eigenvalue weighted by molar-refractivity contribution is 6.29. The molecule has 1 saturated heterocycles. The van der Waals surface area contributed by atoms with E-state index in [-0.39, 0.29) is 23.8 Å². The number of piperazine rings is 1. The molecule has 0 N–H and O–H groups in total. The molecule has 3 rings (SSSR count). The molecule has 2 aromatic carbocycles. The molecule has 2 aromatic rings. The van der Waals surface area contributed by atoms with Crippen LogP contribution in [-0.2, 0) is 9.53 Å². The molecule has 0 radical (unpaired) electrons. The highest BCUT2D eigenvalue weighted by atomic mass is 35.5. The van der Waals surface area contributed by atoms with Gasteiger partial charge in [-0.25, -0.2) is 0 Å². The number of hydrogen-bond donors (Lipinski definition) is 0. The van der Waals surface area contributed by atoms with Crippen LogP contribution >= 0.6 is 11.6 Å². The molecule has 1 heterocycles. The van der Waals surface area contributed by atoms with E-state index in [1.807, 2.05) is 36.9 Å². The summed E-state index contributed by atoms with van der Waals surface area (Å²) in [7, 11) is 0. The first-order valence-electron chi connectivity index (χ1n) is 11.8. The molecule has 182 valence electrons. The van der Waals surface area contributed by atoms with Crippen LogP contribution in [0.15, 0.2) is 60.7 Å². The second-order valence-electron chi connectivity index (χ2n) is 8.55. The molecular weight excluding hydrogens is 450 g/mol. The van der Waals surface area contributed by atoms with Crippen molar-refractivity contribution >= 4 is 35.2 Å². The summed E-state index contributed by atoms with van der Waals surface area (Å²) >= 11 is 5.80. The van der Waals surface area contributed by atoms with E-state index in [0.717, 1.165) is 19.6 Å². The van der Waals surface area contributed by atoms with Gasteiger partial charge in [0.1, 0.15) is 5.88 Å². The lowest BCUT2D eigenvalue weighted by Gasteiger charge is -2.34. The summed E-state index contributed by atoms with van der Waals surface area (Å²) < 4.78 is 5.58. The molecular formula is C27H34ClN3O3. The number of nitrogens with zero attached hydrogens (tertiary/aromatic N) is 3. The molecule has 0 bridgehead atoms. The normalized spacial score (nSPS) is 14.6. The van der Waals surface area contributed by atoms with Crippen LogP contribution in [0.25, 0.3) is 6.08 Å². The summed E-state index contributed by atoms with van der Waals surface area (Å²) in [6.45, 7) is 8.70. The van der Waals surface area contributed by atoms with Crippen molar-refractivity contribution in [3.8, 4) is 0 Å². The molecule has 1 fully saturated rings. The minimum Gasteiger partial charge on any atom is -0.377 e.